The first-order valence-corrected chi connectivity index (χ1v) is 8.39. The molecule has 2 N–H and O–H groups in total. The van der Waals surface area contributed by atoms with E-state index in [0.29, 0.717) is 12.3 Å². The first-order valence-electron chi connectivity index (χ1n) is 7.41. The van der Waals surface area contributed by atoms with Gasteiger partial charge in [0.25, 0.3) is 0 Å². The van der Waals surface area contributed by atoms with Crippen LogP contribution in [0.5, 0.6) is 0 Å². The van der Waals surface area contributed by atoms with Gasteiger partial charge in [0.1, 0.15) is 0 Å². The van der Waals surface area contributed by atoms with Gasteiger partial charge in [0.05, 0.1) is 12.3 Å². The maximum atomic E-state index is 11.8. The maximum Gasteiger partial charge on any atom is 0.239 e. The summed E-state index contributed by atoms with van der Waals surface area (Å²) in [5.41, 5.74) is 2.17. The third kappa shape index (κ3) is 6.16. The standard InChI is InChI=1S/C18H20N2O2S/c1-14-7-5-6-10-16(14)23-13-18(22)20-12-17(21)19-11-15-8-3-2-4-9-15/h2-10H,11-13H2,1H3,(H,19,21)(H,20,22). The summed E-state index contributed by atoms with van der Waals surface area (Å²) in [5.74, 6) is -0.0344. The Balaban J connectivity index is 1.66. The average molecular weight is 328 g/mol. The van der Waals surface area contributed by atoms with Gasteiger partial charge in [-0.2, -0.15) is 0 Å². The van der Waals surface area contributed by atoms with Crippen molar-refractivity contribution in [3.63, 3.8) is 0 Å². The Morgan fingerprint density at radius 2 is 1.61 bits per heavy atom. The number of rotatable bonds is 7. The van der Waals surface area contributed by atoms with E-state index >= 15 is 0 Å². The number of amides is 2. The molecule has 0 aliphatic carbocycles. The van der Waals surface area contributed by atoms with Crippen LogP contribution >= 0.6 is 11.8 Å². The van der Waals surface area contributed by atoms with Crippen molar-refractivity contribution in [1.82, 2.24) is 10.6 Å². The second-order valence-corrected chi connectivity index (χ2v) is 6.11. The van der Waals surface area contributed by atoms with Crippen LogP contribution in [0.1, 0.15) is 11.1 Å². The Kier molecular flexibility index (Phi) is 6.69. The second-order valence-electron chi connectivity index (χ2n) is 5.09. The fourth-order valence-electron chi connectivity index (χ4n) is 1.95. The zero-order valence-electron chi connectivity index (χ0n) is 13.0. The Morgan fingerprint density at radius 3 is 2.35 bits per heavy atom. The molecule has 0 spiro atoms. The van der Waals surface area contributed by atoms with Gasteiger partial charge in [-0.3, -0.25) is 9.59 Å². The highest BCUT2D eigenvalue weighted by molar-refractivity contribution is 8.00. The minimum Gasteiger partial charge on any atom is -0.350 e. The first kappa shape index (κ1) is 17.1. The van der Waals surface area contributed by atoms with E-state index in [1.54, 1.807) is 0 Å². The van der Waals surface area contributed by atoms with Crippen LogP contribution in [0, 0.1) is 6.92 Å². The summed E-state index contributed by atoms with van der Waals surface area (Å²) in [6.45, 7) is 2.48. The fraction of sp³-hybridized carbons (Fsp3) is 0.222. The second kappa shape index (κ2) is 9.00. The van der Waals surface area contributed by atoms with Crippen molar-refractivity contribution in [2.75, 3.05) is 12.3 Å². The molecule has 2 rings (SSSR count). The smallest absolute Gasteiger partial charge is 0.239 e. The molecule has 0 aliphatic heterocycles. The third-order valence-corrected chi connectivity index (χ3v) is 4.41. The van der Waals surface area contributed by atoms with Crippen LogP contribution in [0.4, 0.5) is 0 Å². The molecule has 2 aromatic rings. The lowest BCUT2D eigenvalue weighted by molar-refractivity contribution is -0.124. The Bertz CT molecular complexity index is 659. The summed E-state index contributed by atoms with van der Waals surface area (Å²) in [6.07, 6.45) is 0. The van der Waals surface area contributed by atoms with E-state index in [2.05, 4.69) is 10.6 Å². The van der Waals surface area contributed by atoms with Crippen molar-refractivity contribution >= 4 is 23.6 Å². The topological polar surface area (TPSA) is 58.2 Å². The average Bonchev–Trinajstić information content (AvgIpc) is 2.58. The van der Waals surface area contributed by atoms with Gasteiger partial charge >= 0.3 is 0 Å². The predicted molar refractivity (Wildman–Crippen MR) is 93.2 cm³/mol. The molecule has 0 saturated heterocycles. The molecule has 0 aliphatic rings. The normalized spacial score (nSPS) is 10.1. The highest BCUT2D eigenvalue weighted by Crippen LogP contribution is 2.21. The minimum atomic E-state index is -0.192. The molecule has 2 amide bonds. The number of hydrogen-bond donors (Lipinski definition) is 2. The van der Waals surface area contributed by atoms with Gasteiger partial charge in [-0.05, 0) is 24.1 Å². The fourth-order valence-corrected chi connectivity index (χ4v) is 2.81. The molecule has 4 nitrogen and oxygen atoms in total. The Labute approximate surface area is 140 Å². The highest BCUT2D eigenvalue weighted by atomic mass is 32.2. The van der Waals surface area contributed by atoms with Crippen molar-refractivity contribution in [2.24, 2.45) is 0 Å². The Hall–Kier alpha value is -2.27. The van der Waals surface area contributed by atoms with Crippen LogP contribution in [0.2, 0.25) is 0 Å². The number of nitrogens with one attached hydrogen (secondary N) is 2. The summed E-state index contributed by atoms with van der Waals surface area (Å²) in [4.78, 5) is 24.6. The molecule has 5 heteroatoms. The zero-order chi connectivity index (χ0) is 16.5. The predicted octanol–water partition coefficient (Wildman–Crippen LogP) is 2.52. The minimum absolute atomic E-state index is 0.00000126. The van der Waals surface area contributed by atoms with E-state index in [4.69, 9.17) is 0 Å². The monoisotopic (exact) mass is 328 g/mol. The SMILES string of the molecule is Cc1ccccc1SCC(=O)NCC(=O)NCc1ccccc1. The molecule has 120 valence electrons. The van der Waals surface area contributed by atoms with Crippen LogP contribution < -0.4 is 10.6 Å². The molecular weight excluding hydrogens is 308 g/mol. The number of carbonyl (C=O) groups excluding carboxylic acids is 2. The van der Waals surface area contributed by atoms with E-state index in [-0.39, 0.29) is 18.4 Å². The molecule has 2 aromatic carbocycles. The van der Waals surface area contributed by atoms with Gasteiger partial charge < -0.3 is 10.6 Å². The summed E-state index contributed by atoms with van der Waals surface area (Å²) in [6, 6.07) is 17.6. The number of thioether (sulfide) groups is 1. The molecule has 0 unspecified atom stereocenters. The van der Waals surface area contributed by atoms with Crippen LogP contribution in [-0.4, -0.2) is 24.1 Å². The molecule has 0 fully saturated rings. The molecule has 23 heavy (non-hydrogen) atoms. The lowest BCUT2D eigenvalue weighted by Gasteiger charge is -2.08. The summed E-state index contributed by atoms with van der Waals surface area (Å²) in [7, 11) is 0. The van der Waals surface area contributed by atoms with Crippen molar-refractivity contribution in [3.05, 3.63) is 65.7 Å². The maximum absolute atomic E-state index is 11.8. The largest absolute Gasteiger partial charge is 0.350 e. The van der Waals surface area contributed by atoms with Crippen LogP contribution in [-0.2, 0) is 16.1 Å². The molecule has 0 bridgehead atoms. The molecular formula is C18H20N2O2S. The number of benzene rings is 2. The van der Waals surface area contributed by atoms with Gasteiger partial charge in [-0.15, -0.1) is 11.8 Å². The number of carbonyl (C=O) groups is 2. The van der Waals surface area contributed by atoms with Gasteiger partial charge in [0, 0.05) is 11.4 Å². The van der Waals surface area contributed by atoms with E-state index < -0.39 is 0 Å². The number of aryl methyl sites for hydroxylation is 1. The van der Waals surface area contributed by atoms with Gasteiger partial charge in [0.2, 0.25) is 11.8 Å². The van der Waals surface area contributed by atoms with Crippen molar-refractivity contribution < 1.29 is 9.59 Å². The van der Waals surface area contributed by atoms with Crippen molar-refractivity contribution in [2.45, 2.75) is 18.4 Å². The Morgan fingerprint density at radius 1 is 0.913 bits per heavy atom. The van der Waals surface area contributed by atoms with E-state index in [1.807, 2.05) is 61.5 Å². The lowest BCUT2D eigenvalue weighted by Crippen LogP contribution is -2.37. The van der Waals surface area contributed by atoms with Crippen molar-refractivity contribution in [3.8, 4) is 0 Å². The summed E-state index contributed by atoms with van der Waals surface area (Å²) >= 11 is 1.47. The van der Waals surface area contributed by atoms with Crippen molar-refractivity contribution in [1.29, 1.82) is 0 Å². The quantitative estimate of drug-likeness (QED) is 0.768. The van der Waals surface area contributed by atoms with Gasteiger partial charge in [-0.1, -0.05) is 48.5 Å². The van der Waals surface area contributed by atoms with Crippen LogP contribution in [0.3, 0.4) is 0 Å². The molecule has 0 radical (unpaired) electrons. The molecule has 0 saturated carbocycles. The van der Waals surface area contributed by atoms with E-state index in [9.17, 15) is 9.59 Å². The molecule has 0 heterocycles. The van der Waals surface area contributed by atoms with E-state index in [0.717, 1.165) is 16.0 Å². The third-order valence-electron chi connectivity index (χ3n) is 3.23. The van der Waals surface area contributed by atoms with Gasteiger partial charge in [-0.25, -0.2) is 0 Å². The summed E-state index contributed by atoms with van der Waals surface area (Å²) in [5, 5.41) is 5.41. The van der Waals surface area contributed by atoms with Crippen LogP contribution in [0.25, 0.3) is 0 Å². The molecule has 0 atom stereocenters. The highest BCUT2D eigenvalue weighted by Gasteiger charge is 2.07. The van der Waals surface area contributed by atoms with Gasteiger partial charge in [0.15, 0.2) is 0 Å². The van der Waals surface area contributed by atoms with E-state index in [1.165, 1.54) is 11.8 Å². The first-order chi connectivity index (χ1) is 11.1. The number of hydrogen-bond acceptors (Lipinski definition) is 3. The van der Waals surface area contributed by atoms with Crippen LogP contribution in [0.15, 0.2) is 59.5 Å². The summed E-state index contributed by atoms with van der Waals surface area (Å²) < 4.78 is 0. The lowest BCUT2D eigenvalue weighted by atomic mass is 10.2. The molecule has 0 aromatic heterocycles. The zero-order valence-corrected chi connectivity index (χ0v) is 13.9.